The highest BCUT2D eigenvalue weighted by Gasteiger charge is 2.18. The second-order valence-corrected chi connectivity index (χ2v) is 2.92. The average molecular weight is 226 g/mol. The van der Waals surface area contributed by atoms with Gasteiger partial charge in [0.15, 0.2) is 6.29 Å². The third-order valence-corrected chi connectivity index (χ3v) is 1.92. The number of rotatable bonds is 2. The van der Waals surface area contributed by atoms with Crippen molar-refractivity contribution in [2.75, 3.05) is 0 Å². The van der Waals surface area contributed by atoms with E-state index in [2.05, 4.69) is 4.98 Å². The van der Waals surface area contributed by atoms with Crippen LogP contribution in [-0.4, -0.2) is 11.3 Å². The quantitative estimate of drug-likeness (QED) is 0.572. The molecule has 0 spiro atoms. The van der Waals surface area contributed by atoms with Crippen LogP contribution in [0.3, 0.4) is 0 Å². The lowest BCUT2D eigenvalue weighted by Gasteiger charge is -2.04. The van der Waals surface area contributed by atoms with Crippen molar-refractivity contribution >= 4 is 29.5 Å². The molecule has 0 radical (unpaired) electrons. The smallest absolute Gasteiger partial charge is 0.268 e. The van der Waals surface area contributed by atoms with Gasteiger partial charge in [-0.25, -0.2) is 13.8 Å². The van der Waals surface area contributed by atoms with Crippen molar-refractivity contribution in [1.29, 1.82) is 0 Å². The minimum atomic E-state index is -2.80. The maximum atomic E-state index is 12.2. The summed E-state index contributed by atoms with van der Waals surface area (Å²) in [5, 5.41) is -0.693. The number of carbonyl (C=O) groups is 1. The molecule has 0 saturated carbocycles. The lowest BCUT2D eigenvalue weighted by atomic mass is 10.2. The second-order valence-electron chi connectivity index (χ2n) is 2.15. The molecule has 0 N–H and O–H groups in total. The predicted molar refractivity (Wildman–Crippen MR) is 44.6 cm³/mol. The maximum absolute atomic E-state index is 12.2. The number of hydrogen-bond acceptors (Lipinski definition) is 2. The summed E-state index contributed by atoms with van der Waals surface area (Å²) >= 11 is 10.8. The fourth-order valence-corrected chi connectivity index (χ4v) is 1.38. The summed E-state index contributed by atoms with van der Waals surface area (Å²) in [4.78, 5) is 13.6. The number of pyridine rings is 1. The SMILES string of the molecule is O=Cc1cc(Cl)c(C(F)F)c(Cl)n1. The van der Waals surface area contributed by atoms with Crippen molar-refractivity contribution in [2.24, 2.45) is 0 Å². The molecule has 1 heterocycles. The molecule has 0 atom stereocenters. The minimum Gasteiger partial charge on any atom is -0.296 e. The molecule has 13 heavy (non-hydrogen) atoms. The molecule has 0 aliphatic rings. The molecule has 6 heteroatoms. The highest BCUT2D eigenvalue weighted by molar-refractivity contribution is 6.35. The van der Waals surface area contributed by atoms with Crippen LogP contribution < -0.4 is 0 Å². The van der Waals surface area contributed by atoms with Gasteiger partial charge in [0.05, 0.1) is 10.6 Å². The van der Waals surface area contributed by atoms with Crippen LogP contribution in [0, 0.1) is 0 Å². The summed E-state index contributed by atoms with van der Waals surface area (Å²) in [6.45, 7) is 0. The van der Waals surface area contributed by atoms with Gasteiger partial charge < -0.3 is 0 Å². The van der Waals surface area contributed by atoms with Crippen molar-refractivity contribution in [3.8, 4) is 0 Å². The number of aromatic nitrogens is 1. The van der Waals surface area contributed by atoms with Gasteiger partial charge in [0.25, 0.3) is 6.43 Å². The Kier molecular flexibility index (Phi) is 3.17. The van der Waals surface area contributed by atoms with E-state index >= 15 is 0 Å². The summed E-state index contributed by atoms with van der Waals surface area (Å²) in [6, 6.07) is 1.04. The lowest BCUT2D eigenvalue weighted by Crippen LogP contribution is -1.95. The van der Waals surface area contributed by atoms with Crippen molar-refractivity contribution < 1.29 is 13.6 Å². The van der Waals surface area contributed by atoms with Crippen molar-refractivity contribution in [3.63, 3.8) is 0 Å². The Balaban J connectivity index is 3.31. The molecule has 1 aromatic rings. The van der Waals surface area contributed by atoms with E-state index in [0.717, 1.165) is 6.07 Å². The van der Waals surface area contributed by atoms with Crippen LogP contribution in [0.5, 0.6) is 0 Å². The van der Waals surface area contributed by atoms with Crippen LogP contribution in [-0.2, 0) is 0 Å². The lowest BCUT2D eigenvalue weighted by molar-refractivity contribution is 0.111. The van der Waals surface area contributed by atoms with Crippen LogP contribution >= 0.6 is 23.2 Å². The second kappa shape index (κ2) is 3.98. The van der Waals surface area contributed by atoms with Crippen LogP contribution in [0.15, 0.2) is 6.07 Å². The van der Waals surface area contributed by atoms with Gasteiger partial charge in [-0.15, -0.1) is 0 Å². The highest BCUT2D eigenvalue weighted by atomic mass is 35.5. The van der Waals surface area contributed by atoms with Gasteiger partial charge in [0.1, 0.15) is 10.8 Å². The zero-order chi connectivity index (χ0) is 10.0. The van der Waals surface area contributed by atoms with Crippen LogP contribution in [0.1, 0.15) is 22.5 Å². The van der Waals surface area contributed by atoms with Gasteiger partial charge in [-0.05, 0) is 6.07 Å². The normalized spacial score (nSPS) is 10.5. The first kappa shape index (κ1) is 10.3. The highest BCUT2D eigenvalue weighted by Crippen LogP contribution is 2.32. The molecule has 1 rings (SSSR count). The fraction of sp³-hybridized carbons (Fsp3) is 0.143. The van der Waals surface area contributed by atoms with E-state index < -0.39 is 17.1 Å². The fourth-order valence-electron chi connectivity index (χ4n) is 0.767. The summed E-state index contributed by atoms with van der Waals surface area (Å²) in [6.07, 6.45) is -2.42. The van der Waals surface area contributed by atoms with Gasteiger partial charge in [-0.3, -0.25) is 4.79 Å². The van der Waals surface area contributed by atoms with Crippen molar-refractivity contribution in [1.82, 2.24) is 4.98 Å². The number of nitrogens with zero attached hydrogens (tertiary/aromatic N) is 1. The molecule has 0 amide bonds. The number of alkyl halides is 2. The molecule has 0 aliphatic heterocycles. The summed E-state index contributed by atoms with van der Waals surface area (Å²) in [7, 11) is 0. The molecule has 70 valence electrons. The Labute approximate surface area is 82.5 Å². The predicted octanol–water partition coefficient (Wildman–Crippen LogP) is 3.14. The van der Waals surface area contributed by atoms with Crippen LogP contribution in [0.2, 0.25) is 10.2 Å². The zero-order valence-electron chi connectivity index (χ0n) is 6.10. The van der Waals surface area contributed by atoms with E-state index in [9.17, 15) is 13.6 Å². The van der Waals surface area contributed by atoms with E-state index in [0.29, 0.717) is 6.29 Å². The zero-order valence-corrected chi connectivity index (χ0v) is 7.61. The first-order valence-electron chi connectivity index (χ1n) is 3.15. The molecule has 1 aromatic heterocycles. The standard InChI is InChI=1S/C7H3Cl2F2NO/c8-4-1-3(2-13)12-6(9)5(4)7(10)11/h1-2,7H. The number of aldehydes is 1. The molecule has 0 aromatic carbocycles. The monoisotopic (exact) mass is 225 g/mol. The van der Waals surface area contributed by atoms with E-state index in [-0.39, 0.29) is 10.7 Å². The Morgan fingerprint density at radius 3 is 2.46 bits per heavy atom. The molecule has 0 saturated heterocycles. The third-order valence-electron chi connectivity index (χ3n) is 1.32. The Bertz CT molecular complexity index is 320. The molecular weight excluding hydrogens is 223 g/mol. The Morgan fingerprint density at radius 1 is 1.46 bits per heavy atom. The van der Waals surface area contributed by atoms with E-state index in [1.165, 1.54) is 0 Å². The first-order chi connectivity index (χ1) is 6.06. The van der Waals surface area contributed by atoms with Gasteiger partial charge in [-0.1, -0.05) is 23.2 Å². The number of hydrogen-bond donors (Lipinski definition) is 0. The van der Waals surface area contributed by atoms with Gasteiger partial charge in [0.2, 0.25) is 0 Å². The van der Waals surface area contributed by atoms with Crippen LogP contribution in [0.4, 0.5) is 8.78 Å². The maximum Gasteiger partial charge on any atom is 0.268 e. The average Bonchev–Trinajstić information content (AvgIpc) is 2.02. The van der Waals surface area contributed by atoms with Gasteiger partial charge >= 0.3 is 0 Å². The Hall–Kier alpha value is -0.740. The topological polar surface area (TPSA) is 30.0 Å². The third kappa shape index (κ3) is 2.14. The molecular formula is C7H3Cl2F2NO. The summed E-state index contributed by atoms with van der Waals surface area (Å²) in [5.41, 5.74) is -0.617. The molecule has 0 bridgehead atoms. The van der Waals surface area contributed by atoms with E-state index in [1.807, 2.05) is 0 Å². The van der Waals surface area contributed by atoms with Gasteiger partial charge in [-0.2, -0.15) is 0 Å². The minimum absolute atomic E-state index is 0.0700. The largest absolute Gasteiger partial charge is 0.296 e. The summed E-state index contributed by atoms with van der Waals surface area (Å²) < 4.78 is 24.5. The molecule has 0 aliphatic carbocycles. The molecule has 0 unspecified atom stereocenters. The molecule has 2 nitrogen and oxygen atoms in total. The van der Waals surface area contributed by atoms with Crippen LogP contribution in [0.25, 0.3) is 0 Å². The number of carbonyl (C=O) groups excluding carboxylic acids is 1. The first-order valence-corrected chi connectivity index (χ1v) is 3.91. The van der Waals surface area contributed by atoms with E-state index in [4.69, 9.17) is 23.2 Å². The van der Waals surface area contributed by atoms with E-state index in [1.54, 1.807) is 0 Å². The van der Waals surface area contributed by atoms with Crippen molar-refractivity contribution in [2.45, 2.75) is 6.43 Å². The Morgan fingerprint density at radius 2 is 2.08 bits per heavy atom. The molecule has 0 fully saturated rings. The van der Waals surface area contributed by atoms with Crippen molar-refractivity contribution in [3.05, 3.63) is 27.5 Å². The number of halogens is 4. The summed E-state index contributed by atoms with van der Waals surface area (Å²) in [5.74, 6) is 0. The van der Waals surface area contributed by atoms with Gasteiger partial charge in [0, 0.05) is 0 Å².